The predicted molar refractivity (Wildman–Crippen MR) is 114 cm³/mol. The van der Waals surface area contributed by atoms with E-state index < -0.39 is 0 Å². The van der Waals surface area contributed by atoms with Crippen LogP contribution in [0.3, 0.4) is 0 Å². The molecule has 2 heterocycles. The number of imidazole rings is 1. The smallest absolute Gasteiger partial charge is 0.164 e. The van der Waals surface area contributed by atoms with E-state index in [1.807, 2.05) is 47.0 Å². The Morgan fingerprint density at radius 3 is 2.54 bits per heavy atom. The molecule has 0 unspecified atom stereocenters. The van der Waals surface area contributed by atoms with Crippen molar-refractivity contribution in [3.63, 3.8) is 0 Å². The van der Waals surface area contributed by atoms with Crippen molar-refractivity contribution in [1.29, 1.82) is 0 Å². The number of hydrogen-bond donors (Lipinski definition) is 0. The molecule has 140 valence electrons. The zero-order valence-electron chi connectivity index (χ0n) is 15.5. The minimum atomic E-state index is -0.326. The molecule has 0 bridgehead atoms. The summed E-state index contributed by atoms with van der Waals surface area (Å²) in [5.74, 6) is -0.326. The molecule has 0 aliphatic heterocycles. The summed E-state index contributed by atoms with van der Waals surface area (Å²) in [7, 11) is 0. The summed E-state index contributed by atoms with van der Waals surface area (Å²) in [6.45, 7) is 4.13. The van der Waals surface area contributed by atoms with Gasteiger partial charge in [-0.15, -0.1) is 0 Å². The monoisotopic (exact) mass is 436 g/mol. The fourth-order valence-electron chi connectivity index (χ4n) is 3.11. The van der Waals surface area contributed by atoms with Crippen molar-refractivity contribution < 1.29 is 4.39 Å². The molecule has 4 nitrogen and oxygen atoms in total. The van der Waals surface area contributed by atoms with Gasteiger partial charge < -0.3 is 4.57 Å². The Morgan fingerprint density at radius 2 is 1.79 bits per heavy atom. The average molecular weight is 437 g/mol. The second kappa shape index (κ2) is 7.64. The van der Waals surface area contributed by atoms with Crippen LogP contribution in [0.5, 0.6) is 0 Å². The molecule has 6 heteroatoms. The summed E-state index contributed by atoms with van der Waals surface area (Å²) in [5, 5.41) is 0. The largest absolute Gasteiger partial charge is 0.313 e. The van der Waals surface area contributed by atoms with Crippen LogP contribution in [-0.4, -0.2) is 19.5 Å². The summed E-state index contributed by atoms with van der Waals surface area (Å²) in [6.07, 6.45) is 4.78. The molecule has 2 aromatic heterocycles. The van der Waals surface area contributed by atoms with Crippen LogP contribution < -0.4 is 0 Å². The summed E-state index contributed by atoms with van der Waals surface area (Å²) < 4.78 is 18.1. The van der Waals surface area contributed by atoms with Crippen LogP contribution in [0.25, 0.3) is 34.3 Å². The minimum absolute atomic E-state index is 0.219. The van der Waals surface area contributed by atoms with Gasteiger partial charge in [-0.3, -0.25) is 0 Å². The Kier molecular flexibility index (Phi) is 5.05. The van der Waals surface area contributed by atoms with E-state index in [2.05, 4.69) is 44.7 Å². The van der Waals surface area contributed by atoms with Crippen LogP contribution in [-0.2, 0) is 0 Å². The summed E-state index contributed by atoms with van der Waals surface area (Å²) in [4.78, 5) is 13.3. The van der Waals surface area contributed by atoms with Gasteiger partial charge in [-0.25, -0.2) is 19.3 Å². The first kappa shape index (κ1) is 18.5. The van der Waals surface area contributed by atoms with Gasteiger partial charge >= 0.3 is 0 Å². The molecule has 0 fully saturated rings. The molecule has 2 aromatic carbocycles. The molecular formula is C22H18BrFN4. The lowest BCUT2D eigenvalue weighted by Crippen LogP contribution is -2.00. The fraction of sp³-hybridized carbons (Fsp3) is 0.136. The van der Waals surface area contributed by atoms with Crippen molar-refractivity contribution in [3.8, 4) is 11.3 Å². The first-order valence-corrected chi connectivity index (χ1v) is 9.74. The van der Waals surface area contributed by atoms with Gasteiger partial charge in [0.15, 0.2) is 5.65 Å². The molecule has 4 rings (SSSR count). The number of nitrogens with zero attached hydrogens (tertiary/aromatic N) is 4. The van der Waals surface area contributed by atoms with E-state index in [9.17, 15) is 0 Å². The maximum Gasteiger partial charge on any atom is 0.164 e. The maximum atomic E-state index is 15.2. The van der Waals surface area contributed by atoms with Crippen LogP contribution in [0.1, 0.15) is 31.0 Å². The topological polar surface area (TPSA) is 43.6 Å². The molecule has 0 N–H and O–H groups in total. The zero-order chi connectivity index (χ0) is 19.7. The third kappa shape index (κ3) is 3.47. The minimum Gasteiger partial charge on any atom is -0.313 e. The van der Waals surface area contributed by atoms with Crippen LogP contribution in [0.2, 0.25) is 0 Å². The molecule has 0 atom stereocenters. The van der Waals surface area contributed by atoms with E-state index in [0.29, 0.717) is 22.3 Å². The highest BCUT2D eigenvalue weighted by atomic mass is 79.9. The summed E-state index contributed by atoms with van der Waals surface area (Å²) in [6, 6.07) is 15.0. The Balaban J connectivity index is 1.85. The van der Waals surface area contributed by atoms with E-state index in [4.69, 9.17) is 0 Å². The normalized spacial score (nSPS) is 12.1. The van der Waals surface area contributed by atoms with Gasteiger partial charge in [-0.1, -0.05) is 52.3 Å². The third-order valence-electron chi connectivity index (χ3n) is 4.52. The molecule has 0 aliphatic carbocycles. The van der Waals surface area contributed by atoms with Gasteiger partial charge in [0, 0.05) is 21.6 Å². The van der Waals surface area contributed by atoms with E-state index in [0.717, 1.165) is 15.7 Å². The first-order valence-electron chi connectivity index (χ1n) is 8.94. The van der Waals surface area contributed by atoms with E-state index >= 15 is 4.39 Å². The highest BCUT2D eigenvalue weighted by Gasteiger charge is 2.17. The molecule has 0 amide bonds. The lowest BCUT2D eigenvalue weighted by atomic mass is 10.0. The third-order valence-corrected chi connectivity index (χ3v) is 5.05. The second-order valence-electron chi connectivity index (χ2n) is 6.73. The highest BCUT2D eigenvalue weighted by Crippen LogP contribution is 2.33. The van der Waals surface area contributed by atoms with E-state index in [1.54, 1.807) is 12.4 Å². The number of rotatable bonds is 4. The van der Waals surface area contributed by atoms with E-state index in [1.165, 1.54) is 12.4 Å². The highest BCUT2D eigenvalue weighted by molar-refractivity contribution is 9.10. The SMILES string of the molecule is CC(C)n1cnc2c(-c3ccccc3/C(F)=C/c3ccc(Br)cc3)ncnc21. The van der Waals surface area contributed by atoms with Gasteiger partial charge in [0.1, 0.15) is 23.4 Å². The Bertz CT molecular complexity index is 1160. The van der Waals surface area contributed by atoms with E-state index in [-0.39, 0.29) is 11.9 Å². The standard InChI is InChI=1S/C22H18BrFN4/c1-14(2)28-13-27-21-20(25-12-26-22(21)28)18-6-4-3-5-17(18)19(24)11-15-7-9-16(23)10-8-15/h3-14H,1-2H3/b19-11-. The van der Waals surface area contributed by atoms with Crippen LogP contribution >= 0.6 is 15.9 Å². The molecule has 28 heavy (non-hydrogen) atoms. The average Bonchev–Trinajstić information content (AvgIpc) is 3.14. The Hall–Kier alpha value is -2.86. The number of benzene rings is 2. The molecule has 4 aromatic rings. The number of fused-ring (bicyclic) bond motifs is 1. The van der Waals surface area contributed by atoms with Crippen molar-refractivity contribution in [2.24, 2.45) is 0 Å². The lowest BCUT2D eigenvalue weighted by Gasteiger charge is -2.10. The zero-order valence-corrected chi connectivity index (χ0v) is 17.1. The molecule has 0 saturated heterocycles. The summed E-state index contributed by atoms with van der Waals surface area (Å²) >= 11 is 3.40. The molecule has 0 aliphatic rings. The van der Waals surface area contributed by atoms with Crippen molar-refractivity contribution in [2.75, 3.05) is 0 Å². The maximum absolute atomic E-state index is 15.2. The number of halogens is 2. The predicted octanol–water partition coefficient (Wildman–Crippen LogP) is 6.30. The molecular weight excluding hydrogens is 419 g/mol. The van der Waals surface area contributed by atoms with Gasteiger partial charge in [-0.05, 0) is 37.6 Å². The van der Waals surface area contributed by atoms with Gasteiger partial charge in [0.25, 0.3) is 0 Å². The molecule has 0 spiro atoms. The Labute approximate surface area is 170 Å². The number of hydrogen-bond acceptors (Lipinski definition) is 3. The van der Waals surface area contributed by atoms with Gasteiger partial charge in [0.2, 0.25) is 0 Å². The van der Waals surface area contributed by atoms with Crippen molar-refractivity contribution >= 4 is 39.0 Å². The van der Waals surface area contributed by atoms with Crippen LogP contribution in [0.4, 0.5) is 4.39 Å². The summed E-state index contributed by atoms with van der Waals surface area (Å²) in [5.41, 5.74) is 3.98. The molecule has 0 radical (unpaired) electrons. The van der Waals surface area contributed by atoms with Crippen molar-refractivity contribution in [1.82, 2.24) is 19.5 Å². The van der Waals surface area contributed by atoms with Gasteiger partial charge in [0.05, 0.1) is 6.33 Å². The number of aromatic nitrogens is 4. The first-order chi connectivity index (χ1) is 13.5. The molecule has 0 saturated carbocycles. The van der Waals surface area contributed by atoms with Crippen molar-refractivity contribution in [3.05, 3.63) is 76.8 Å². The van der Waals surface area contributed by atoms with Gasteiger partial charge in [-0.2, -0.15) is 0 Å². The quantitative estimate of drug-likeness (QED) is 0.352. The Morgan fingerprint density at radius 1 is 1.04 bits per heavy atom. The van der Waals surface area contributed by atoms with Crippen LogP contribution in [0, 0.1) is 0 Å². The lowest BCUT2D eigenvalue weighted by molar-refractivity contribution is 0.612. The van der Waals surface area contributed by atoms with Crippen LogP contribution in [0.15, 0.2) is 65.7 Å². The van der Waals surface area contributed by atoms with Crippen molar-refractivity contribution in [2.45, 2.75) is 19.9 Å². The second-order valence-corrected chi connectivity index (χ2v) is 7.65. The fourth-order valence-corrected chi connectivity index (χ4v) is 3.37.